The molecule has 0 radical (unpaired) electrons. The van der Waals surface area contributed by atoms with Gasteiger partial charge in [-0.25, -0.2) is 0 Å². The Morgan fingerprint density at radius 3 is 2.56 bits per heavy atom. The first-order valence-electron chi connectivity index (χ1n) is 6.25. The first-order valence-corrected chi connectivity index (χ1v) is 6.25. The number of rotatable bonds is 4. The molecule has 3 nitrogen and oxygen atoms in total. The fraction of sp³-hybridized carbons (Fsp3) is 0.923. The van der Waals surface area contributed by atoms with E-state index in [2.05, 4.69) is 18.7 Å². The van der Waals surface area contributed by atoms with E-state index in [0.717, 1.165) is 13.1 Å². The second-order valence-electron chi connectivity index (χ2n) is 6.20. The number of hydrogen-bond donors (Lipinski definition) is 1. The summed E-state index contributed by atoms with van der Waals surface area (Å²) in [4.78, 5) is 13.6. The lowest BCUT2D eigenvalue weighted by atomic mass is 9.81. The number of piperidine rings is 1. The van der Waals surface area contributed by atoms with Crippen LogP contribution in [0.15, 0.2) is 0 Å². The van der Waals surface area contributed by atoms with Crippen LogP contribution < -0.4 is 0 Å². The molecular formula is C13H25NO2. The van der Waals surface area contributed by atoms with Crippen LogP contribution in [0, 0.1) is 10.8 Å². The van der Waals surface area contributed by atoms with Gasteiger partial charge in [-0.15, -0.1) is 0 Å². The molecule has 3 heteroatoms. The van der Waals surface area contributed by atoms with Gasteiger partial charge in [-0.1, -0.05) is 20.8 Å². The summed E-state index contributed by atoms with van der Waals surface area (Å²) in [6.45, 7) is 11.1. The van der Waals surface area contributed by atoms with Gasteiger partial charge in [0.25, 0.3) is 0 Å². The lowest BCUT2D eigenvalue weighted by Crippen LogP contribution is -2.47. The lowest BCUT2D eigenvalue weighted by Gasteiger charge is -2.41. The molecule has 0 bridgehead atoms. The van der Waals surface area contributed by atoms with Crippen LogP contribution in [0.5, 0.6) is 0 Å². The molecule has 1 fully saturated rings. The van der Waals surface area contributed by atoms with Gasteiger partial charge in [0.2, 0.25) is 0 Å². The van der Waals surface area contributed by atoms with Crippen LogP contribution in [0.3, 0.4) is 0 Å². The molecule has 0 aromatic carbocycles. The van der Waals surface area contributed by atoms with E-state index in [9.17, 15) is 9.90 Å². The monoisotopic (exact) mass is 227 g/mol. The Kier molecular flexibility index (Phi) is 4.00. The van der Waals surface area contributed by atoms with Crippen LogP contribution in [-0.2, 0) is 4.79 Å². The van der Waals surface area contributed by atoms with E-state index in [1.54, 1.807) is 0 Å². The zero-order valence-corrected chi connectivity index (χ0v) is 11.0. The Morgan fingerprint density at radius 1 is 1.50 bits per heavy atom. The number of hydrogen-bond acceptors (Lipinski definition) is 2. The van der Waals surface area contributed by atoms with E-state index in [0.29, 0.717) is 18.4 Å². The molecule has 1 N–H and O–H groups in total. The van der Waals surface area contributed by atoms with Gasteiger partial charge in [-0.2, -0.15) is 0 Å². The Labute approximate surface area is 98.8 Å². The predicted molar refractivity (Wildman–Crippen MR) is 65.5 cm³/mol. The molecule has 0 saturated carbocycles. The first-order chi connectivity index (χ1) is 7.29. The summed E-state index contributed by atoms with van der Waals surface area (Å²) in [6.07, 6.45) is 3.13. The van der Waals surface area contributed by atoms with Crippen LogP contribution in [0.4, 0.5) is 0 Å². The lowest BCUT2D eigenvalue weighted by molar-refractivity contribution is -0.149. The van der Waals surface area contributed by atoms with Crippen molar-refractivity contribution in [1.29, 1.82) is 0 Å². The second kappa shape index (κ2) is 4.74. The summed E-state index contributed by atoms with van der Waals surface area (Å²) in [6, 6.07) is 0. The zero-order chi connectivity index (χ0) is 12.4. The van der Waals surface area contributed by atoms with Gasteiger partial charge < -0.3 is 10.0 Å². The maximum atomic E-state index is 11.3. The highest BCUT2D eigenvalue weighted by Gasteiger charge is 2.36. The third-order valence-electron chi connectivity index (χ3n) is 3.85. The topological polar surface area (TPSA) is 40.5 Å². The summed E-state index contributed by atoms with van der Waals surface area (Å²) in [7, 11) is 0. The summed E-state index contributed by atoms with van der Waals surface area (Å²) in [5.41, 5.74) is -0.251. The van der Waals surface area contributed by atoms with Crippen LogP contribution >= 0.6 is 0 Å². The van der Waals surface area contributed by atoms with Gasteiger partial charge in [0.05, 0.1) is 5.41 Å². The largest absolute Gasteiger partial charge is 0.481 e. The molecule has 1 rings (SSSR count). The maximum absolute atomic E-state index is 11.3. The van der Waals surface area contributed by atoms with Gasteiger partial charge in [0.15, 0.2) is 0 Å². The van der Waals surface area contributed by atoms with E-state index in [4.69, 9.17) is 0 Å². The predicted octanol–water partition coefficient (Wildman–Crippen LogP) is 2.61. The highest BCUT2D eigenvalue weighted by atomic mass is 16.4. The molecule has 94 valence electrons. The molecule has 0 amide bonds. The van der Waals surface area contributed by atoms with Gasteiger partial charge in [-0.05, 0) is 38.1 Å². The summed E-state index contributed by atoms with van der Waals surface area (Å²) < 4.78 is 0. The quantitative estimate of drug-likeness (QED) is 0.802. The van der Waals surface area contributed by atoms with Gasteiger partial charge in [0.1, 0.15) is 0 Å². The number of aliphatic carboxylic acids is 1. The third kappa shape index (κ3) is 3.21. The molecule has 1 heterocycles. The number of carbonyl (C=O) groups is 1. The van der Waals surface area contributed by atoms with Gasteiger partial charge in [0, 0.05) is 13.1 Å². The van der Waals surface area contributed by atoms with Crippen molar-refractivity contribution >= 4 is 5.97 Å². The molecule has 1 aliphatic heterocycles. The molecule has 16 heavy (non-hydrogen) atoms. The van der Waals surface area contributed by atoms with Crippen molar-refractivity contribution < 1.29 is 9.90 Å². The minimum atomic E-state index is -0.668. The van der Waals surface area contributed by atoms with Gasteiger partial charge >= 0.3 is 5.97 Å². The maximum Gasteiger partial charge on any atom is 0.310 e. The van der Waals surface area contributed by atoms with Crippen molar-refractivity contribution in [2.75, 3.05) is 19.6 Å². The number of nitrogens with zero attached hydrogens (tertiary/aromatic N) is 1. The average Bonchev–Trinajstić information content (AvgIpc) is 2.15. The van der Waals surface area contributed by atoms with Crippen molar-refractivity contribution in [2.45, 2.75) is 47.0 Å². The van der Waals surface area contributed by atoms with Crippen molar-refractivity contribution in [2.24, 2.45) is 10.8 Å². The van der Waals surface area contributed by atoms with Crippen LogP contribution in [0.2, 0.25) is 0 Å². The van der Waals surface area contributed by atoms with Crippen molar-refractivity contribution in [3.05, 3.63) is 0 Å². The second-order valence-corrected chi connectivity index (χ2v) is 6.20. The van der Waals surface area contributed by atoms with Crippen LogP contribution in [-0.4, -0.2) is 35.6 Å². The van der Waals surface area contributed by atoms with Crippen LogP contribution in [0.1, 0.15) is 47.0 Å². The molecule has 1 aliphatic rings. The minimum Gasteiger partial charge on any atom is -0.481 e. The Bertz CT molecular complexity index is 263. The molecule has 0 aliphatic carbocycles. The normalized spacial score (nSPS) is 25.0. The smallest absolute Gasteiger partial charge is 0.310 e. The molecule has 1 saturated heterocycles. The summed E-state index contributed by atoms with van der Waals surface area (Å²) in [5.74, 6) is -0.668. The highest BCUT2D eigenvalue weighted by Crippen LogP contribution is 2.31. The molecular weight excluding hydrogens is 202 g/mol. The first kappa shape index (κ1) is 13.5. The standard InChI is InChI=1S/C13H25NO2/c1-5-13(4,11(15)16)10-14-8-6-7-12(2,3)9-14/h5-10H2,1-4H3,(H,15,16). The van der Waals surface area contributed by atoms with Crippen LogP contribution in [0.25, 0.3) is 0 Å². The highest BCUT2D eigenvalue weighted by molar-refractivity contribution is 5.74. The third-order valence-corrected chi connectivity index (χ3v) is 3.85. The van der Waals surface area contributed by atoms with E-state index in [1.165, 1.54) is 12.8 Å². The zero-order valence-electron chi connectivity index (χ0n) is 11.0. The molecule has 0 spiro atoms. The fourth-order valence-corrected chi connectivity index (χ4v) is 2.50. The van der Waals surface area contributed by atoms with Crippen molar-refractivity contribution in [3.8, 4) is 0 Å². The van der Waals surface area contributed by atoms with Gasteiger partial charge in [-0.3, -0.25) is 4.79 Å². The molecule has 0 aromatic heterocycles. The number of carboxylic acids is 1. The van der Waals surface area contributed by atoms with Crippen molar-refractivity contribution in [3.63, 3.8) is 0 Å². The SMILES string of the molecule is CCC(C)(CN1CCCC(C)(C)C1)C(=O)O. The Balaban J connectivity index is 2.62. The molecule has 1 unspecified atom stereocenters. The average molecular weight is 227 g/mol. The molecule has 1 atom stereocenters. The molecule has 0 aromatic rings. The van der Waals surface area contributed by atoms with E-state index in [1.807, 2.05) is 13.8 Å². The number of likely N-dealkylation sites (tertiary alicyclic amines) is 1. The Hall–Kier alpha value is -0.570. The minimum absolute atomic E-state index is 0.339. The number of carboxylic acid groups (broad SMARTS) is 1. The Morgan fingerprint density at radius 2 is 2.12 bits per heavy atom. The van der Waals surface area contributed by atoms with E-state index in [-0.39, 0.29) is 0 Å². The van der Waals surface area contributed by atoms with E-state index >= 15 is 0 Å². The summed E-state index contributed by atoms with van der Waals surface area (Å²) >= 11 is 0. The fourth-order valence-electron chi connectivity index (χ4n) is 2.50. The van der Waals surface area contributed by atoms with Crippen molar-refractivity contribution in [1.82, 2.24) is 4.90 Å². The van der Waals surface area contributed by atoms with E-state index < -0.39 is 11.4 Å². The summed E-state index contributed by atoms with van der Waals surface area (Å²) in [5, 5.41) is 9.27.